The predicted octanol–water partition coefficient (Wildman–Crippen LogP) is 0.842. The smallest absolute Gasteiger partial charge is 0.273 e. The number of hydrogen-bond donors (Lipinski definition) is 2. The van der Waals surface area contributed by atoms with Crippen molar-refractivity contribution in [2.24, 2.45) is 0 Å². The molecule has 1 saturated heterocycles. The van der Waals surface area contributed by atoms with E-state index in [0.717, 1.165) is 19.4 Å². The third-order valence-corrected chi connectivity index (χ3v) is 3.11. The number of nitro benzene ring substituents is 1. The second-order valence-corrected chi connectivity index (χ2v) is 4.64. The Bertz CT molecular complexity index is 486. The van der Waals surface area contributed by atoms with Gasteiger partial charge in [0.05, 0.1) is 11.0 Å². The van der Waals surface area contributed by atoms with Gasteiger partial charge in [-0.25, -0.2) is 0 Å². The molecule has 1 aromatic rings. The zero-order valence-corrected chi connectivity index (χ0v) is 11.0. The van der Waals surface area contributed by atoms with E-state index in [1.54, 1.807) is 6.07 Å². The third kappa shape index (κ3) is 4.20. The minimum atomic E-state index is -0.501. The van der Waals surface area contributed by atoms with Crippen molar-refractivity contribution in [2.75, 3.05) is 19.7 Å². The summed E-state index contributed by atoms with van der Waals surface area (Å²) < 4.78 is 5.24. The Balaban J connectivity index is 1.75. The van der Waals surface area contributed by atoms with Crippen LogP contribution in [0.4, 0.5) is 5.69 Å². The summed E-state index contributed by atoms with van der Waals surface area (Å²) in [5, 5.41) is 16.7. The maximum absolute atomic E-state index is 11.6. The summed E-state index contributed by atoms with van der Waals surface area (Å²) in [5.74, 6) is 0.0820. The van der Waals surface area contributed by atoms with E-state index in [0.29, 0.717) is 18.3 Å². The van der Waals surface area contributed by atoms with Crippen LogP contribution in [0.3, 0.4) is 0 Å². The van der Waals surface area contributed by atoms with Gasteiger partial charge in [0, 0.05) is 18.7 Å². The molecule has 20 heavy (non-hydrogen) atoms. The van der Waals surface area contributed by atoms with E-state index < -0.39 is 4.92 Å². The number of carbonyl (C=O) groups is 1. The molecule has 7 heteroatoms. The van der Waals surface area contributed by atoms with Crippen molar-refractivity contribution in [2.45, 2.75) is 18.9 Å². The van der Waals surface area contributed by atoms with E-state index >= 15 is 0 Å². The molecule has 108 valence electrons. The molecule has 1 amide bonds. The van der Waals surface area contributed by atoms with Crippen molar-refractivity contribution in [1.82, 2.24) is 10.6 Å². The highest BCUT2D eigenvalue weighted by molar-refractivity contribution is 5.77. The lowest BCUT2D eigenvalue weighted by molar-refractivity contribution is -0.384. The van der Waals surface area contributed by atoms with Gasteiger partial charge < -0.3 is 15.4 Å². The Kier molecular flexibility index (Phi) is 4.89. The molecular weight excluding hydrogens is 262 g/mol. The van der Waals surface area contributed by atoms with Gasteiger partial charge in [0.2, 0.25) is 0 Å². The highest BCUT2D eigenvalue weighted by Gasteiger charge is 2.15. The molecule has 0 aliphatic carbocycles. The molecule has 1 aromatic carbocycles. The lowest BCUT2D eigenvalue weighted by Crippen LogP contribution is -2.39. The maximum atomic E-state index is 11.6. The molecule has 1 fully saturated rings. The Morgan fingerprint density at radius 2 is 2.40 bits per heavy atom. The van der Waals surface area contributed by atoms with Crippen molar-refractivity contribution >= 4 is 11.6 Å². The average Bonchev–Trinajstić information content (AvgIpc) is 2.96. The monoisotopic (exact) mass is 279 g/mol. The molecule has 0 radical (unpaired) electrons. The third-order valence-electron chi connectivity index (χ3n) is 3.11. The van der Waals surface area contributed by atoms with Crippen molar-refractivity contribution < 1.29 is 14.5 Å². The molecule has 2 N–H and O–H groups in total. The van der Waals surface area contributed by atoms with Gasteiger partial charge in [-0.05, 0) is 25.5 Å². The second-order valence-electron chi connectivity index (χ2n) is 4.64. The fraction of sp³-hybridized carbons (Fsp3) is 0.462. The molecule has 0 spiro atoms. The molecule has 0 saturated carbocycles. The SMILES string of the molecule is O=C(COc1cccc([N+](=O)[O-])c1)NCC1CCCN1. The number of amides is 1. The summed E-state index contributed by atoms with van der Waals surface area (Å²) >= 11 is 0. The number of nitrogens with zero attached hydrogens (tertiary/aromatic N) is 1. The zero-order chi connectivity index (χ0) is 14.4. The summed E-state index contributed by atoms with van der Waals surface area (Å²) in [4.78, 5) is 21.7. The van der Waals surface area contributed by atoms with Crippen LogP contribution < -0.4 is 15.4 Å². The van der Waals surface area contributed by atoms with Crippen LogP contribution in [-0.4, -0.2) is 36.6 Å². The van der Waals surface area contributed by atoms with E-state index in [9.17, 15) is 14.9 Å². The first-order valence-corrected chi connectivity index (χ1v) is 6.52. The quantitative estimate of drug-likeness (QED) is 0.594. The van der Waals surface area contributed by atoms with Crippen molar-refractivity contribution in [3.63, 3.8) is 0 Å². The Hall–Kier alpha value is -2.15. The Labute approximate surface area is 116 Å². The fourth-order valence-electron chi connectivity index (χ4n) is 2.05. The summed E-state index contributed by atoms with van der Waals surface area (Å²) in [7, 11) is 0. The standard InChI is InChI=1S/C13H17N3O4/c17-13(15-8-10-3-2-6-14-10)9-20-12-5-1-4-11(7-12)16(18)19/h1,4-5,7,10,14H,2-3,6,8-9H2,(H,15,17). The van der Waals surface area contributed by atoms with Gasteiger partial charge in [0.15, 0.2) is 6.61 Å². The van der Waals surface area contributed by atoms with Crippen LogP contribution in [0.5, 0.6) is 5.75 Å². The van der Waals surface area contributed by atoms with E-state index in [1.807, 2.05) is 0 Å². The first-order chi connectivity index (χ1) is 9.65. The van der Waals surface area contributed by atoms with Gasteiger partial charge in [0.1, 0.15) is 5.75 Å². The van der Waals surface area contributed by atoms with Crippen molar-refractivity contribution in [3.05, 3.63) is 34.4 Å². The summed E-state index contributed by atoms with van der Waals surface area (Å²) in [5.41, 5.74) is -0.0573. The zero-order valence-electron chi connectivity index (χ0n) is 11.0. The molecule has 1 aliphatic heterocycles. The molecule has 2 rings (SSSR count). The largest absolute Gasteiger partial charge is 0.484 e. The van der Waals surface area contributed by atoms with E-state index in [1.165, 1.54) is 18.2 Å². The summed E-state index contributed by atoms with van der Waals surface area (Å²) in [6.07, 6.45) is 2.19. The molecule has 0 aromatic heterocycles. The molecule has 0 bridgehead atoms. The van der Waals surface area contributed by atoms with Crippen molar-refractivity contribution in [1.29, 1.82) is 0 Å². The van der Waals surface area contributed by atoms with Gasteiger partial charge in [0.25, 0.3) is 11.6 Å². The lowest BCUT2D eigenvalue weighted by atomic mass is 10.2. The molecule has 1 unspecified atom stereocenters. The number of nitrogens with one attached hydrogen (secondary N) is 2. The number of benzene rings is 1. The topological polar surface area (TPSA) is 93.5 Å². The number of ether oxygens (including phenoxy) is 1. The van der Waals surface area contributed by atoms with E-state index in [-0.39, 0.29) is 18.2 Å². The number of rotatable bonds is 6. The highest BCUT2D eigenvalue weighted by atomic mass is 16.6. The molecule has 1 heterocycles. The van der Waals surface area contributed by atoms with E-state index in [2.05, 4.69) is 10.6 Å². The van der Waals surface area contributed by atoms with Crippen LogP contribution in [0.1, 0.15) is 12.8 Å². The summed E-state index contributed by atoms with van der Waals surface area (Å²) in [6, 6.07) is 6.11. The van der Waals surface area contributed by atoms with Gasteiger partial charge >= 0.3 is 0 Å². The molecule has 1 atom stereocenters. The minimum Gasteiger partial charge on any atom is -0.484 e. The van der Waals surface area contributed by atoms with Gasteiger partial charge in [-0.2, -0.15) is 0 Å². The van der Waals surface area contributed by atoms with Crippen LogP contribution in [0, 0.1) is 10.1 Å². The first-order valence-electron chi connectivity index (χ1n) is 6.52. The second kappa shape index (κ2) is 6.85. The lowest BCUT2D eigenvalue weighted by Gasteiger charge is -2.11. The maximum Gasteiger partial charge on any atom is 0.273 e. The Morgan fingerprint density at radius 1 is 1.55 bits per heavy atom. The molecule has 1 aliphatic rings. The highest BCUT2D eigenvalue weighted by Crippen LogP contribution is 2.18. The molecular formula is C13H17N3O4. The number of hydrogen-bond acceptors (Lipinski definition) is 5. The normalized spacial score (nSPS) is 17.7. The summed E-state index contributed by atoms with van der Waals surface area (Å²) in [6.45, 7) is 1.43. The van der Waals surface area contributed by atoms with Gasteiger partial charge in [-0.15, -0.1) is 0 Å². The van der Waals surface area contributed by atoms with Crippen molar-refractivity contribution in [3.8, 4) is 5.75 Å². The first kappa shape index (κ1) is 14.3. The number of non-ortho nitro benzene ring substituents is 1. The van der Waals surface area contributed by atoms with Crippen LogP contribution in [0.15, 0.2) is 24.3 Å². The predicted molar refractivity (Wildman–Crippen MR) is 72.6 cm³/mol. The number of carbonyl (C=O) groups excluding carboxylic acids is 1. The minimum absolute atomic E-state index is 0.0573. The van der Waals surface area contributed by atoms with Crippen LogP contribution in [0.2, 0.25) is 0 Å². The average molecular weight is 279 g/mol. The van der Waals surface area contributed by atoms with Gasteiger partial charge in [-0.3, -0.25) is 14.9 Å². The van der Waals surface area contributed by atoms with E-state index in [4.69, 9.17) is 4.74 Å². The molecule has 7 nitrogen and oxygen atoms in total. The number of nitro groups is 1. The Morgan fingerprint density at radius 3 is 3.10 bits per heavy atom. The van der Waals surface area contributed by atoms with Gasteiger partial charge in [-0.1, -0.05) is 6.07 Å². The van der Waals surface area contributed by atoms with Crippen LogP contribution >= 0.6 is 0 Å². The fourth-order valence-corrected chi connectivity index (χ4v) is 2.05. The van der Waals surface area contributed by atoms with Crippen LogP contribution in [0.25, 0.3) is 0 Å². The van der Waals surface area contributed by atoms with Crippen LogP contribution in [-0.2, 0) is 4.79 Å².